The molecule has 7 heteroatoms. The minimum Gasteiger partial charge on any atom is -0.392 e. The minimum atomic E-state index is -0.263. The number of pyridine rings is 2. The lowest BCUT2D eigenvalue weighted by Gasteiger charge is -2.32. The van der Waals surface area contributed by atoms with E-state index in [-0.39, 0.29) is 18.3 Å². The molecule has 0 saturated carbocycles. The van der Waals surface area contributed by atoms with Crippen LogP contribution in [0, 0.1) is 19.7 Å². The van der Waals surface area contributed by atoms with Gasteiger partial charge in [0.15, 0.2) is 0 Å². The predicted molar refractivity (Wildman–Crippen MR) is 107 cm³/mol. The van der Waals surface area contributed by atoms with Crippen molar-refractivity contribution in [2.24, 2.45) is 0 Å². The summed E-state index contributed by atoms with van der Waals surface area (Å²) in [7, 11) is 0. The molecule has 0 bridgehead atoms. The van der Waals surface area contributed by atoms with Crippen molar-refractivity contribution in [3.8, 4) is 11.3 Å². The van der Waals surface area contributed by atoms with Crippen molar-refractivity contribution >= 4 is 0 Å². The second-order valence-corrected chi connectivity index (χ2v) is 7.61. The highest BCUT2D eigenvalue weighted by Crippen LogP contribution is 2.32. The molecule has 3 aromatic heterocycles. The number of halogens is 1. The normalized spacial score (nSPS) is 17.6. The van der Waals surface area contributed by atoms with Gasteiger partial charge in [0.2, 0.25) is 0 Å². The van der Waals surface area contributed by atoms with E-state index in [2.05, 4.69) is 15.0 Å². The Balaban J connectivity index is 1.59. The van der Waals surface area contributed by atoms with Crippen molar-refractivity contribution in [2.45, 2.75) is 45.8 Å². The van der Waals surface area contributed by atoms with Gasteiger partial charge >= 0.3 is 0 Å². The second-order valence-electron chi connectivity index (χ2n) is 7.61. The Kier molecular flexibility index (Phi) is 5.69. The predicted octanol–water partition coefficient (Wildman–Crippen LogP) is 3.76. The van der Waals surface area contributed by atoms with E-state index in [1.807, 2.05) is 26.0 Å². The molecular formula is C22H25FN4O2. The van der Waals surface area contributed by atoms with E-state index in [0.717, 1.165) is 54.1 Å². The summed E-state index contributed by atoms with van der Waals surface area (Å²) in [6, 6.07) is 6.99. The standard InChI is InChI=1S/C22H25FN4O2/c1-14-21(15(2)29-26-14)22-17(13-28)7-8-19(25-22)16-5-4-10-27(11-16)12-20-18(23)6-3-9-24-20/h3,6-9,16,28H,4-5,10-13H2,1-2H3. The monoisotopic (exact) mass is 396 g/mol. The molecule has 152 valence electrons. The number of aliphatic hydroxyl groups is 1. The van der Waals surface area contributed by atoms with E-state index in [4.69, 9.17) is 9.51 Å². The number of likely N-dealkylation sites (tertiary alicyclic amines) is 1. The number of nitrogens with zero attached hydrogens (tertiary/aromatic N) is 4. The fraction of sp³-hybridized carbons (Fsp3) is 0.409. The smallest absolute Gasteiger partial charge is 0.146 e. The minimum absolute atomic E-state index is 0.0948. The van der Waals surface area contributed by atoms with Gasteiger partial charge in [0.1, 0.15) is 11.6 Å². The summed E-state index contributed by atoms with van der Waals surface area (Å²) in [5.74, 6) is 0.668. The van der Waals surface area contributed by atoms with Crippen LogP contribution in [0.3, 0.4) is 0 Å². The summed E-state index contributed by atoms with van der Waals surface area (Å²) in [5, 5.41) is 13.8. The third-order valence-corrected chi connectivity index (χ3v) is 5.57. The molecule has 1 unspecified atom stereocenters. The first-order valence-corrected chi connectivity index (χ1v) is 9.92. The molecule has 29 heavy (non-hydrogen) atoms. The third-order valence-electron chi connectivity index (χ3n) is 5.57. The highest BCUT2D eigenvalue weighted by Gasteiger charge is 2.25. The van der Waals surface area contributed by atoms with Gasteiger partial charge in [-0.05, 0) is 51.4 Å². The van der Waals surface area contributed by atoms with Crippen LogP contribution in [0.25, 0.3) is 11.3 Å². The fourth-order valence-corrected chi connectivity index (χ4v) is 4.08. The average molecular weight is 396 g/mol. The van der Waals surface area contributed by atoms with Gasteiger partial charge in [-0.3, -0.25) is 14.9 Å². The van der Waals surface area contributed by atoms with Crippen LogP contribution in [0.15, 0.2) is 35.0 Å². The van der Waals surface area contributed by atoms with Gasteiger partial charge in [0.25, 0.3) is 0 Å². The topological polar surface area (TPSA) is 75.3 Å². The number of aliphatic hydroxyl groups excluding tert-OH is 1. The highest BCUT2D eigenvalue weighted by atomic mass is 19.1. The Hall–Kier alpha value is -2.64. The maximum absolute atomic E-state index is 14.0. The van der Waals surface area contributed by atoms with Gasteiger partial charge in [-0.1, -0.05) is 11.2 Å². The molecule has 0 aromatic carbocycles. The summed E-state index contributed by atoms with van der Waals surface area (Å²) in [6.07, 6.45) is 3.67. The molecule has 0 radical (unpaired) electrons. The Morgan fingerprint density at radius 1 is 1.28 bits per heavy atom. The summed E-state index contributed by atoms with van der Waals surface area (Å²) in [6.45, 7) is 5.84. The first kappa shape index (κ1) is 19.7. The summed E-state index contributed by atoms with van der Waals surface area (Å²) < 4.78 is 19.3. The Bertz CT molecular complexity index is 985. The van der Waals surface area contributed by atoms with Crippen LogP contribution in [0.2, 0.25) is 0 Å². The van der Waals surface area contributed by atoms with E-state index in [1.165, 1.54) is 6.07 Å². The van der Waals surface area contributed by atoms with Gasteiger partial charge in [-0.25, -0.2) is 4.39 Å². The number of hydrogen-bond acceptors (Lipinski definition) is 6. The Morgan fingerprint density at radius 2 is 2.14 bits per heavy atom. The largest absolute Gasteiger partial charge is 0.392 e. The average Bonchev–Trinajstić information content (AvgIpc) is 3.07. The molecule has 1 saturated heterocycles. The fourth-order valence-electron chi connectivity index (χ4n) is 4.08. The molecule has 4 rings (SSSR count). The number of aromatic nitrogens is 3. The van der Waals surface area contributed by atoms with E-state index < -0.39 is 0 Å². The highest BCUT2D eigenvalue weighted by molar-refractivity contribution is 5.67. The van der Waals surface area contributed by atoms with Crippen LogP contribution in [-0.2, 0) is 13.2 Å². The van der Waals surface area contributed by atoms with Crippen molar-refractivity contribution in [3.63, 3.8) is 0 Å². The van der Waals surface area contributed by atoms with Gasteiger partial charge in [-0.2, -0.15) is 0 Å². The lowest BCUT2D eigenvalue weighted by atomic mass is 9.92. The maximum atomic E-state index is 14.0. The van der Waals surface area contributed by atoms with Gasteiger partial charge < -0.3 is 9.63 Å². The summed E-state index contributed by atoms with van der Waals surface area (Å²) in [4.78, 5) is 11.3. The lowest BCUT2D eigenvalue weighted by molar-refractivity contribution is 0.194. The molecule has 0 spiro atoms. The second kappa shape index (κ2) is 8.39. The van der Waals surface area contributed by atoms with Crippen LogP contribution < -0.4 is 0 Å². The van der Waals surface area contributed by atoms with E-state index >= 15 is 0 Å². The van der Waals surface area contributed by atoms with E-state index in [0.29, 0.717) is 18.0 Å². The lowest BCUT2D eigenvalue weighted by Crippen LogP contribution is -2.34. The molecule has 4 heterocycles. The molecular weight excluding hydrogens is 371 g/mol. The van der Waals surface area contributed by atoms with Crippen LogP contribution >= 0.6 is 0 Å². The van der Waals surface area contributed by atoms with Crippen molar-refractivity contribution in [3.05, 3.63) is 64.7 Å². The third kappa shape index (κ3) is 4.06. The number of aryl methyl sites for hydroxylation is 2. The molecule has 0 aliphatic carbocycles. The van der Waals surface area contributed by atoms with Gasteiger partial charge in [0.05, 0.1) is 29.3 Å². The van der Waals surface area contributed by atoms with Crippen LogP contribution in [0.1, 0.15) is 47.2 Å². The Morgan fingerprint density at radius 3 is 2.86 bits per heavy atom. The first-order valence-electron chi connectivity index (χ1n) is 9.92. The molecule has 6 nitrogen and oxygen atoms in total. The molecule has 1 atom stereocenters. The maximum Gasteiger partial charge on any atom is 0.146 e. The molecule has 1 fully saturated rings. The summed E-state index contributed by atoms with van der Waals surface area (Å²) in [5.41, 5.74) is 4.55. The van der Waals surface area contributed by atoms with Crippen LogP contribution in [0.5, 0.6) is 0 Å². The zero-order valence-corrected chi connectivity index (χ0v) is 16.7. The van der Waals surface area contributed by atoms with Crippen LogP contribution in [0.4, 0.5) is 4.39 Å². The molecule has 1 aliphatic heterocycles. The van der Waals surface area contributed by atoms with Crippen molar-refractivity contribution < 1.29 is 14.0 Å². The summed E-state index contributed by atoms with van der Waals surface area (Å²) >= 11 is 0. The zero-order valence-electron chi connectivity index (χ0n) is 16.7. The SMILES string of the molecule is Cc1noc(C)c1-c1nc(C2CCCN(Cc3ncccc3F)C2)ccc1CO. The number of rotatable bonds is 5. The molecule has 3 aromatic rings. The number of hydrogen-bond donors (Lipinski definition) is 1. The van der Waals surface area contributed by atoms with Crippen molar-refractivity contribution in [1.82, 2.24) is 20.0 Å². The zero-order chi connectivity index (χ0) is 20.4. The van der Waals surface area contributed by atoms with E-state index in [9.17, 15) is 9.50 Å². The molecule has 0 amide bonds. The Labute approximate surface area is 169 Å². The van der Waals surface area contributed by atoms with Crippen molar-refractivity contribution in [1.29, 1.82) is 0 Å². The molecule has 1 N–H and O–H groups in total. The van der Waals surface area contributed by atoms with Crippen LogP contribution in [-0.4, -0.2) is 38.2 Å². The molecule has 1 aliphatic rings. The van der Waals surface area contributed by atoms with Gasteiger partial charge in [0, 0.05) is 36.5 Å². The first-order chi connectivity index (χ1) is 14.1. The quantitative estimate of drug-likeness (QED) is 0.708. The van der Waals surface area contributed by atoms with E-state index in [1.54, 1.807) is 12.3 Å². The van der Waals surface area contributed by atoms with Gasteiger partial charge in [-0.15, -0.1) is 0 Å². The number of piperidine rings is 1. The van der Waals surface area contributed by atoms with Crippen molar-refractivity contribution in [2.75, 3.05) is 13.1 Å².